The Morgan fingerprint density at radius 3 is 2.31 bits per heavy atom. The van der Waals surface area contributed by atoms with Gasteiger partial charge in [-0.25, -0.2) is 0 Å². The van der Waals surface area contributed by atoms with Crippen molar-refractivity contribution in [3.63, 3.8) is 0 Å². The van der Waals surface area contributed by atoms with Gasteiger partial charge in [-0.1, -0.05) is 30.8 Å². The highest BCUT2D eigenvalue weighted by Gasteiger charge is 2.25. The zero-order chi connectivity index (χ0) is 22.5. The lowest BCUT2D eigenvalue weighted by atomic mass is 10.0. The Bertz CT molecular complexity index is 904. The second-order valence-electron chi connectivity index (χ2n) is 8.98. The lowest BCUT2D eigenvalue weighted by Crippen LogP contribution is -2.50. The van der Waals surface area contributed by atoms with Gasteiger partial charge in [0.25, 0.3) is 5.91 Å². The molecule has 0 N–H and O–H groups in total. The Morgan fingerprint density at radius 1 is 1.03 bits per heavy atom. The van der Waals surface area contributed by atoms with Crippen molar-refractivity contribution >= 4 is 11.8 Å². The van der Waals surface area contributed by atoms with Crippen LogP contribution < -0.4 is 4.74 Å². The molecule has 0 bridgehead atoms. The Labute approximate surface area is 189 Å². The highest BCUT2D eigenvalue weighted by Crippen LogP contribution is 2.28. The van der Waals surface area contributed by atoms with Crippen LogP contribution in [-0.2, 0) is 11.4 Å². The fourth-order valence-corrected chi connectivity index (χ4v) is 4.68. The Kier molecular flexibility index (Phi) is 7.12. The summed E-state index contributed by atoms with van der Waals surface area (Å²) in [5, 5.41) is 3.93. The number of benzene rings is 1. The van der Waals surface area contributed by atoms with Crippen molar-refractivity contribution in [2.45, 2.75) is 59.0 Å². The molecule has 1 saturated heterocycles. The van der Waals surface area contributed by atoms with Gasteiger partial charge in [-0.05, 0) is 50.5 Å². The normalized spacial score (nSPS) is 17.1. The van der Waals surface area contributed by atoms with Gasteiger partial charge in [-0.2, -0.15) is 0 Å². The molecule has 2 fully saturated rings. The summed E-state index contributed by atoms with van der Waals surface area (Å²) in [6.45, 7) is 6.53. The van der Waals surface area contributed by atoms with Crippen LogP contribution in [0.3, 0.4) is 0 Å². The van der Waals surface area contributed by atoms with Gasteiger partial charge in [0.15, 0.2) is 0 Å². The van der Waals surface area contributed by atoms with E-state index in [2.05, 4.69) is 5.16 Å². The van der Waals surface area contributed by atoms with E-state index in [1.807, 2.05) is 35.8 Å². The molecule has 0 radical (unpaired) electrons. The molecule has 2 amide bonds. The van der Waals surface area contributed by atoms with Gasteiger partial charge in [0.2, 0.25) is 5.91 Å². The number of hydrogen-bond donors (Lipinski definition) is 0. The van der Waals surface area contributed by atoms with Crippen LogP contribution in [0.5, 0.6) is 5.75 Å². The molecule has 4 rings (SSSR count). The van der Waals surface area contributed by atoms with Crippen LogP contribution in [0.1, 0.15) is 65.9 Å². The monoisotopic (exact) mass is 439 g/mol. The van der Waals surface area contributed by atoms with Crippen LogP contribution in [-0.4, -0.2) is 52.9 Å². The molecule has 2 aromatic rings. The number of nitrogens with zero attached hydrogens (tertiary/aromatic N) is 3. The molecular formula is C25H33N3O4. The van der Waals surface area contributed by atoms with E-state index in [1.54, 1.807) is 12.1 Å². The maximum atomic E-state index is 12.9. The van der Waals surface area contributed by atoms with Crippen LogP contribution in [0.2, 0.25) is 0 Å². The van der Waals surface area contributed by atoms with Crippen molar-refractivity contribution in [2.24, 2.45) is 5.92 Å². The average Bonchev–Trinajstić information content (AvgIpc) is 3.46. The average molecular weight is 440 g/mol. The molecule has 7 nitrogen and oxygen atoms in total. The van der Waals surface area contributed by atoms with E-state index in [1.165, 1.54) is 25.7 Å². The summed E-state index contributed by atoms with van der Waals surface area (Å²) in [7, 11) is 0. The minimum absolute atomic E-state index is 0.000304. The van der Waals surface area contributed by atoms with Crippen LogP contribution in [0.15, 0.2) is 28.8 Å². The summed E-state index contributed by atoms with van der Waals surface area (Å²) in [6.07, 6.45) is 6.84. The number of carbonyl (C=O) groups is 2. The van der Waals surface area contributed by atoms with E-state index in [4.69, 9.17) is 9.26 Å². The van der Waals surface area contributed by atoms with E-state index >= 15 is 0 Å². The molecule has 1 aliphatic carbocycles. The predicted molar refractivity (Wildman–Crippen MR) is 120 cm³/mol. The van der Waals surface area contributed by atoms with E-state index in [0.717, 1.165) is 29.4 Å². The Morgan fingerprint density at radius 2 is 1.69 bits per heavy atom. The third-order valence-electron chi connectivity index (χ3n) is 6.83. The van der Waals surface area contributed by atoms with Gasteiger partial charge in [-0.15, -0.1) is 0 Å². The lowest BCUT2D eigenvalue weighted by Gasteiger charge is -2.35. The van der Waals surface area contributed by atoms with Crippen LogP contribution in [0.4, 0.5) is 0 Å². The molecule has 172 valence electrons. The fourth-order valence-electron chi connectivity index (χ4n) is 4.68. The third kappa shape index (κ3) is 5.31. The first-order chi connectivity index (χ1) is 15.5. The smallest absolute Gasteiger partial charge is 0.253 e. The molecule has 0 atom stereocenters. The van der Waals surface area contributed by atoms with Crippen LogP contribution in [0, 0.1) is 19.8 Å². The van der Waals surface area contributed by atoms with Crippen molar-refractivity contribution in [1.82, 2.24) is 15.0 Å². The molecule has 2 aliphatic rings. The zero-order valence-corrected chi connectivity index (χ0v) is 19.1. The summed E-state index contributed by atoms with van der Waals surface area (Å²) >= 11 is 0. The number of aromatic nitrogens is 1. The van der Waals surface area contributed by atoms with Crippen molar-refractivity contribution < 1.29 is 18.8 Å². The SMILES string of the molecule is Cc1noc(C)c1COc1ccc(C(=O)N2CCN(C(=O)CCC3CCCC3)CC2)cc1. The first kappa shape index (κ1) is 22.4. The largest absolute Gasteiger partial charge is 0.489 e. The van der Waals surface area contributed by atoms with Gasteiger partial charge in [0.1, 0.15) is 18.1 Å². The van der Waals surface area contributed by atoms with E-state index < -0.39 is 0 Å². The molecule has 1 aromatic carbocycles. The van der Waals surface area contributed by atoms with E-state index in [-0.39, 0.29) is 11.8 Å². The number of rotatable bonds is 7. The second kappa shape index (κ2) is 10.2. The van der Waals surface area contributed by atoms with Gasteiger partial charge in [-0.3, -0.25) is 9.59 Å². The van der Waals surface area contributed by atoms with Gasteiger partial charge >= 0.3 is 0 Å². The molecule has 0 spiro atoms. The zero-order valence-electron chi connectivity index (χ0n) is 19.1. The number of aryl methyl sites for hydroxylation is 2. The van der Waals surface area contributed by atoms with Crippen molar-refractivity contribution in [2.75, 3.05) is 26.2 Å². The van der Waals surface area contributed by atoms with E-state index in [0.29, 0.717) is 50.5 Å². The highest BCUT2D eigenvalue weighted by molar-refractivity contribution is 5.94. The van der Waals surface area contributed by atoms with Gasteiger partial charge < -0.3 is 19.1 Å². The maximum Gasteiger partial charge on any atom is 0.253 e. The highest BCUT2D eigenvalue weighted by atomic mass is 16.5. The Balaban J connectivity index is 1.23. The second-order valence-corrected chi connectivity index (χ2v) is 8.98. The van der Waals surface area contributed by atoms with Crippen molar-refractivity contribution in [3.8, 4) is 5.75 Å². The fraction of sp³-hybridized carbons (Fsp3) is 0.560. The van der Waals surface area contributed by atoms with Gasteiger partial charge in [0, 0.05) is 38.2 Å². The summed E-state index contributed by atoms with van der Waals surface area (Å²) in [5.41, 5.74) is 2.40. The third-order valence-corrected chi connectivity index (χ3v) is 6.83. The first-order valence-electron chi connectivity index (χ1n) is 11.7. The van der Waals surface area contributed by atoms with Crippen LogP contribution >= 0.6 is 0 Å². The number of amides is 2. The Hall–Kier alpha value is -2.83. The van der Waals surface area contributed by atoms with E-state index in [9.17, 15) is 9.59 Å². The molecule has 32 heavy (non-hydrogen) atoms. The minimum Gasteiger partial charge on any atom is -0.489 e. The topological polar surface area (TPSA) is 75.9 Å². The molecular weight excluding hydrogens is 406 g/mol. The summed E-state index contributed by atoms with van der Waals surface area (Å²) in [5.74, 6) is 2.42. The van der Waals surface area contributed by atoms with Gasteiger partial charge in [0.05, 0.1) is 11.3 Å². The standard InChI is InChI=1S/C25H33N3O4/c1-18-23(19(2)32-26-18)17-31-22-10-8-21(9-11-22)25(30)28-15-13-27(14-16-28)24(29)12-7-20-5-3-4-6-20/h8-11,20H,3-7,12-17H2,1-2H3. The lowest BCUT2D eigenvalue weighted by molar-refractivity contribution is -0.133. The van der Waals surface area contributed by atoms with Crippen LogP contribution in [0.25, 0.3) is 0 Å². The molecule has 7 heteroatoms. The quantitative estimate of drug-likeness (QED) is 0.649. The summed E-state index contributed by atoms with van der Waals surface area (Å²) in [4.78, 5) is 29.2. The summed E-state index contributed by atoms with van der Waals surface area (Å²) < 4.78 is 11.0. The first-order valence-corrected chi connectivity index (χ1v) is 11.7. The van der Waals surface area contributed by atoms with Crippen molar-refractivity contribution in [1.29, 1.82) is 0 Å². The molecule has 0 unspecified atom stereocenters. The van der Waals surface area contributed by atoms with Crippen molar-refractivity contribution in [3.05, 3.63) is 46.8 Å². The number of ether oxygens (including phenoxy) is 1. The molecule has 1 aliphatic heterocycles. The molecule has 1 aromatic heterocycles. The summed E-state index contributed by atoms with van der Waals surface area (Å²) in [6, 6.07) is 7.22. The number of carbonyl (C=O) groups excluding carboxylic acids is 2. The minimum atomic E-state index is 0.000304. The number of hydrogen-bond acceptors (Lipinski definition) is 5. The maximum absolute atomic E-state index is 12.9. The molecule has 1 saturated carbocycles. The number of piperazine rings is 1. The molecule has 2 heterocycles. The predicted octanol–water partition coefficient (Wildman–Crippen LogP) is 4.13.